The summed E-state index contributed by atoms with van der Waals surface area (Å²) in [6.45, 7) is 4.65. The zero-order chi connectivity index (χ0) is 47.8. The van der Waals surface area contributed by atoms with E-state index in [-0.39, 0.29) is 19.1 Å². The van der Waals surface area contributed by atoms with Gasteiger partial charge in [0.05, 0.1) is 39.9 Å². The Morgan fingerprint density at radius 3 is 1.29 bits per heavy atom. The molecule has 9 heteroatoms. The van der Waals surface area contributed by atoms with Gasteiger partial charge in [-0.1, -0.05) is 236 Å². The Balaban J connectivity index is 4.25. The Kier molecular flexibility index (Phi) is 46.4. The van der Waals surface area contributed by atoms with Crippen molar-refractivity contribution in [3.05, 3.63) is 48.6 Å². The van der Waals surface area contributed by atoms with Crippen molar-refractivity contribution in [2.24, 2.45) is 0 Å². The van der Waals surface area contributed by atoms with Crippen LogP contribution in [0.25, 0.3) is 0 Å². The van der Waals surface area contributed by atoms with Crippen molar-refractivity contribution in [1.82, 2.24) is 5.32 Å². The maximum atomic E-state index is 12.9. The van der Waals surface area contributed by atoms with Gasteiger partial charge in [0.1, 0.15) is 13.2 Å². The molecule has 0 aromatic carbocycles. The average molecular weight is 935 g/mol. The molecular weight excluding hydrogens is 828 g/mol. The molecule has 0 heterocycles. The maximum absolute atomic E-state index is 12.9. The molecule has 0 aromatic heterocycles. The third-order valence-electron chi connectivity index (χ3n) is 12.3. The van der Waals surface area contributed by atoms with Gasteiger partial charge in [0.15, 0.2) is 0 Å². The molecule has 0 bridgehead atoms. The predicted octanol–water partition coefficient (Wildman–Crippen LogP) is 15.7. The van der Waals surface area contributed by atoms with Crippen LogP contribution in [0.4, 0.5) is 0 Å². The summed E-state index contributed by atoms with van der Waals surface area (Å²) in [5.74, 6) is -0.201. The maximum Gasteiger partial charge on any atom is 0.268 e. The minimum Gasteiger partial charge on any atom is -0.756 e. The van der Waals surface area contributed by atoms with E-state index in [9.17, 15) is 19.4 Å². The summed E-state index contributed by atoms with van der Waals surface area (Å²) in [5.41, 5.74) is 0. The van der Waals surface area contributed by atoms with Crippen LogP contribution < -0.4 is 10.2 Å². The molecule has 0 aromatic rings. The summed E-state index contributed by atoms with van der Waals surface area (Å²) in [4.78, 5) is 25.5. The number of carbonyl (C=O) groups is 1. The number of aliphatic hydroxyl groups excluding tert-OH is 1. The Hall–Kier alpha value is -1.54. The molecule has 0 aliphatic heterocycles. The van der Waals surface area contributed by atoms with Crippen LogP contribution in [0.3, 0.4) is 0 Å². The highest BCUT2D eigenvalue weighted by molar-refractivity contribution is 7.45. The zero-order valence-corrected chi connectivity index (χ0v) is 44.3. The number of phosphoric ester groups is 1. The third-order valence-corrected chi connectivity index (χ3v) is 13.2. The minimum atomic E-state index is -4.60. The number of likely N-dealkylation sites (N-methyl/N-ethyl adjacent to an activating group) is 1. The first kappa shape index (κ1) is 63.5. The predicted molar refractivity (Wildman–Crippen MR) is 279 cm³/mol. The van der Waals surface area contributed by atoms with Gasteiger partial charge in [-0.3, -0.25) is 9.36 Å². The minimum absolute atomic E-state index is 0.00252. The molecular formula is C56H107N2O6P. The highest BCUT2D eigenvalue weighted by atomic mass is 31.2. The normalized spacial score (nSPS) is 14.4. The van der Waals surface area contributed by atoms with E-state index in [4.69, 9.17) is 9.05 Å². The van der Waals surface area contributed by atoms with E-state index in [1.807, 2.05) is 27.2 Å². The van der Waals surface area contributed by atoms with Crippen LogP contribution in [0.15, 0.2) is 48.6 Å². The van der Waals surface area contributed by atoms with Gasteiger partial charge in [0, 0.05) is 6.42 Å². The monoisotopic (exact) mass is 935 g/mol. The van der Waals surface area contributed by atoms with Gasteiger partial charge < -0.3 is 28.8 Å². The van der Waals surface area contributed by atoms with Gasteiger partial charge in [-0.2, -0.15) is 0 Å². The standard InChI is InChI=1S/C56H107N2O6P/c1-6-8-10-12-14-16-18-20-22-24-26-27-28-29-30-31-32-34-36-38-40-42-44-46-48-50-56(60)57-54(53-64-65(61,62)63-52-51-58(3,4)5)55(59)49-47-45-43-41-39-37-35-33-25-23-21-19-17-15-13-11-9-7-2/h18,20,24,26,28-29,47,49,54-55,59H,6-17,19,21-23,25,27,30-46,48,50-53H2,1-5H3,(H-,57,60,61,62)/b20-18-,26-24-,29-28-,49-47+. The van der Waals surface area contributed by atoms with Gasteiger partial charge >= 0.3 is 0 Å². The van der Waals surface area contributed by atoms with E-state index in [1.54, 1.807) is 6.08 Å². The number of allylic oxidation sites excluding steroid dienone is 7. The SMILES string of the molecule is CCCCCCC/C=C\C/C=C\C/C=C\CCCCCCCCCCCCC(=O)NC(COP(=O)([O-])OCC[N+](C)(C)C)C(O)/C=C/CCCCCCCCCCCCCCCCCC. The number of hydrogen-bond acceptors (Lipinski definition) is 6. The first-order valence-electron chi connectivity index (χ1n) is 27.5. The van der Waals surface area contributed by atoms with Gasteiger partial charge in [-0.05, 0) is 57.8 Å². The molecule has 3 unspecified atom stereocenters. The second-order valence-electron chi connectivity index (χ2n) is 19.9. The number of nitrogens with one attached hydrogen (secondary N) is 1. The van der Waals surface area contributed by atoms with E-state index < -0.39 is 20.0 Å². The lowest BCUT2D eigenvalue weighted by atomic mass is 10.0. The van der Waals surface area contributed by atoms with Crippen LogP contribution in [0.1, 0.15) is 251 Å². The number of quaternary nitrogens is 1. The molecule has 3 atom stereocenters. The second kappa shape index (κ2) is 47.5. The van der Waals surface area contributed by atoms with Crippen molar-refractivity contribution in [2.75, 3.05) is 40.9 Å². The fourth-order valence-electron chi connectivity index (χ4n) is 7.93. The summed E-state index contributed by atoms with van der Waals surface area (Å²) in [5, 5.41) is 13.9. The largest absolute Gasteiger partial charge is 0.756 e. The summed E-state index contributed by atoms with van der Waals surface area (Å²) in [6, 6.07) is -0.890. The van der Waals surface area contributed by atoms with Crippen LogP contribution >= 0.6 is 7.82 Å². The quantitative estimate of drug-likeness (QED) is 0.0272. The molecule has 0 aliphatic carbocycles. The molecule has 0 spiro atoms. The number of phosphoric acid groups is 1. The first-order chi connectivity index (χ1) is 31.5. The molecule has 0 rings (SSSR count). The number of unbranched alkanes of at least 4 members (excludes halogenated alkanes) is 31. The molecule has 0 radical (unpaired) electrons. The number of carbonyl (C=O) groups excluding carboxylic acids is 1. The summed E-state index contributed by atoms with van der Waals surface area (Å²) >= 11 is 0. The van der Waals surface area contributed by atoms with Crippen LogP contribution in [0, 0.1) is 0 Å². The number of nitrogens with zero attached hydrogens (tertiary/aromatic N) is 1. The number of aliphatic hydroxyl groups is 1. The van der Waals surface area contributed by atoms with Gasteiger partial charge in [0.2, 0.25) is 5.91 Å². The Morgan fingerprint density at radius 2 is 0.892 bits per heavy atom. The van der Waals surface area contributed by atoms with Crippen LogP contribution in [0.5, 0.6) is 0 Å². The first-order valence-corrected chi connectivity index (χ1v) is 29.0. The van der Waals surface area contributed by atoms with Gasteiger partial charge in [-0.25, -0.2) is 0 Å². The van der Waals surface area contributed by atoms with Crippen molar-refractivity contribution < 1.29 is 32.9 Å². The van der Waals surface area contributed by atoms with Gasteiger partial charge in [0.25, 0.3) is 7.82 Å². The lowest BCUT2D eigenvalue weighted by molar-refractivity contribution is -0.870. The highest BCUT2D eigenvalue weighted by Gasteiger charge is 2.23. The number of hydrogen-bond donors (Lipinski definition) is 2. The van der Waals surface area contributed by atoms with Crippen LogP contribution in [0.2, 0.25) is 0 Å². The fraction of sp³-hybridized carbons (Fsp3) is 0.839. The lowest BCUT2D eigenvalue weighted by Gasteiger charge is -2.29. The molecule has 0 fully saturated rings. The van der Waals surface area contributed by atoms with Crippen molar-refractivity contribution in [1.29, 1.82) is 0 Å². The molecule has 1 amide bonds. The molecule has 0 saturated heterocycles. The van der Waals surface area contributed by atoms with Crippen molar-refractivity contribution in [3.63, 3.8) is 0 Å². The van der Waals surface area contributed by atoms with Crippen molar-refractivity contribution in [3.8, 4) is 0 Å². The molecule has 2 N–H and O–H groups in total. The molecule has 0 aliphatic rings. The Bertz CT molecular complexity index is 1200. The van der Waals surface area contributed by atoms with E-state index >= 15 is 0 Å². The third kappa shape index (κ3) is 50.2. The van der Waals surface area contributed by atoms with Gasteiger partial charge in [-0.15, -0.1) is 0 Å². The summed E-state index contributed by atoms with van der Waals surface area (Å²) in [7, 11) is 1.26. The highest BCUT2D eigenvalue weighted by Crippen LogP contribution is 2.38. The Labute approximate surface area is 403 Å². The number of amides is 1. The van der Waals surface area contributed by atoms with E-state index in [0.29, 0.717) is 17.4 Å². The number of rotatable bonds is 50. The van der Waals surface area contributed by atoms with Crippen LogP contribution in [-0.4, -0.2) is 68.5 Å². The van der Waals surface area contributed by atoms with Crippen molar-refractivity contribution in [2.45, 2.75) is 264 Å². The summed E-state index contributed by atoms with van der Waals surface area (Å²) in [6.07, 6.45) is 61.7. The lowest BCUT2D eigenvalue weighted by Crippen LogP contribution is -2.45. The smallest absolute Gasteiger partial charge is 0.268 e. The Morgan fingerprint density at radius 1 is 0.538 bits per heavy atom. The molecule has 65 heavy (non-hydrogen) atoms. The fourth-order valence-corrected chi connectivity index (χ4v) is 8.65. The van der Waals surface area contributed by atoms with Crippen molar-refractivity contribution >= 4 is 13.7 Å². The molecule has 0 saturated carbocycles. The van der Waals surface area contributed by atoms with Crippen LogP contribution in [-0.2, 0) is 18.4 Å². The molecule has 382 valence electrons. The van der Waals surface area contributed by atoms with E-state index in [0.717, 1.165) is 51.4 Å². The van der Waals surface area contributed by atoms with E-state index in [2.05, 4.69) is 55.6 Å². The molecule has 8 nitrogen and oxygen atoms in total. The van der Waals surface area contributed by atoms with E-state index in [1.165, 1.54) is 180 Å². The average Bonchev–Trinajstić information content (AvgIpc) is 3.26. The summed E-state index contributed by atoms with van der Waals surface area (Å²) < 4.78 is 23.3. The topological polar surface area (TPSA) is 108 Å². The second-order valence-corrected chi connectivity index (χ2v) is 21.3. The zero-order valence-electron chi connectivity index (χ0n) is 43.4.